The van der Waals surface area contributed by atoms with Gasteiger partial charge in [-0.05, 0) is 67.2 Å². The molecule has 0 aliphatic carbocycles. The van der Waals surface area contributed by atoms with Gasteiger partial charge in [-0.15, -0.1) is 0 Å². The van der Waals surface area contributed by atoms with E-state index in [0.29, 0.717) is 39.6 Å². The van der Waals surface area contributed by atoms with Gasteiger partial charge < -0.3 is 28.4 Å². The third kappa shape index (κ3) is 12.5. The number of hydrogen-bond acceptors (Lipinski definition) is 7. The average Bonchev–Trinajstić information content (AvgIpc) is 2.68. The lowest BCUT2D eigenvalue weighted by Crippen LogP contribution is -2.54. The first-order valence-corrected chi connectivity index (χ1v) is 10.8. The van der Waals surface area contributed by atoms with Crippen molar-refractivity contribution in [2.45, 2.75) is 79.5 Å². The SMILES string of the molecule is CC=CCCCOC(OCC)(OCC)OC(OCC)(OCC)OCCCC=CC. The maximum atomic E-state index is 6.03. The molecule has 0 unspecified atom stereocenters. The standard InChI is InChI=1S/C22H42O7/c1-7-13-15-17-19-27-21(23-9-3,24-10-4)29-22(25-11-5,26-12-6)28-20-18-16-14-8-2/h7-8,13-14H,9-12,15-20H2,1-6H3. The van der Waals surface area contributed by atoms with Crippen LogP contribution in [0.15, 0.2) is 24.3 Å². The van der Waals surface area contributed by atoms with E-state index >= 15 is 0 Å². The molecule has 0 aromatic carbocycles. The number of ether oxygens (including phenoxy) is 7. The summed E-state index contributed by atoms with van der Waals surface area (Å²) in [5, 5.41) is 0. The molecule has 0 aliphatic rings. The predicted molar refractivity (Wildman–Crippen MR) is 113 cm³/mol. The molecule has 0 spiro atoms. The van der Waals surface area contributed by atoms with Gasteiger partial charge in [0.2, 0.25) is 0 Å². The van der Waals surface area contributed by atoms with Crippen LogP contribution >= 0.6 is 0 Å². The van der Waals surface area contributed by atoms with Gasteiger partial charge >= 0.3 is 12.3 Å². The molecule has 0 atom stereocenters. The molecule has 0 N–H and O–H groups in total. The van der Waals surface area contributed by atoms with Crippen molar-refractivity contribution >= 4 is 0 Å². The third-order valence-electron chi connectivity index (χ3n) is 3.59. The minimum Gasteiger partial charge on any atom is -0.303 e. The number of unbranched alkanes of at least 4 members (excludes halogenated alkanes) is 2. The Morgan fingerprint density at radius 2 is 0.897 bits per heavy atom. The van der Waals surface area contributed by atoms with E-state index in [4.69, 9.17) is 33.2 Å². The topological polar surface area (TPSA) is 64.6 Å². The molecule has 0 saturated carbocycles. The Morgan fingerprint density at radius 3 is 1.17 bits per heavy atom. The fourth-order valence-electron chi connectivity index (χ4n) is 2.42. The van der Waals surface area contributed by atoms with E-state index in [9.17, 15) is 0 Å². The van der Waals surface area contributed by atoms with Crippen molar-refractivity contribution in [2.24, 2.45) is 0 Å². The van der Waals surface area contributed by atoms with Crippen LogP contribution in [0.25, 0.3) is 0 Å². The summed E-state index contributed by atoms with van der Waals surface area (Å²) in [6, 6.07) is 0. The first-order chi connectivity index (χ1) is 14.1. The highest BCUT2D eigenvalue weighted by atomic mass is 17.1. The van der Waals surface area contributed by atoms with Gasteiger partial charge in [0.05, 0.1) is 39.6 Å². The summed E-state index contributed by atoms with van der Waals surface area (Å²) < 4.78 is 40.8. The first-order valence-electron chi connectivity index (χ1n) is 10.8. The Bertz CT molecular complexity index is 373. The Balaban J connectivity index is 5.37. The molecule has 7 nitrogen and oxygen atoms in total. The van der Waals surface area contributed by atoms with Gasteiger partial charge in [-0.25, -0.2) is 4.74 Å². The van der Waals surface area contributed by atoms with Crippen molar-refractivity contribution < 1.29 is 33.2 Å². The second-order valence-electron chi connectivity index (χ2n) is 5.95. The summed E-state index contributed by atoms with van der Waals surface area (Å²) in [5.41, 5.74) is 0. The summed E-state index contributed by atoms with van der Waals surface area (Å²) >= 11 is 0. The summed E-state index contributed by atoms with van der Waals surface area (Å²) in [7, 11) is 0. The molecule has 0 bridgehead atoms. The molecule has 0 radical (unpaired) electrons. The van der Waals surface area contributed by atoms with Crippen LogP contribution in [0.3, 0.4) is 0 Å². The molecular weight excluding hydrogens is 376 g/mol. The summed E-state index contributed by atoms with van der Waals surface area (Å²) in [6.07, 6.45) is 7.93. The summed E-state index contributed by atoms with van der Waals surface area (Å²) in [6.45, 7) is 13.3. The molecule has 0 fully saturated rings. The number of hydrogen-bond donors (Lipinski definition) is 0. The Kier molecular flexibility index (Phi) is 17.5. The molecule has 0 heterocycles. The van der Waals surface area contributed by atoms with Gasteiger partial charge in [-0.2, -0.15) is 0 Å². The van der Waals surface area contributed by atoms with Gasteiger partial charge in [0, 0.05) is 0 Å². The monoisotopic (exact) mass is 418 g/mol. The van der Waals surface area contributed by atoms with Crippen molar-refractivity contribution in [2.75, 3.05) is 39.6 Å². The van der Waals surface area contributed by atoms with Crippen LogP contribution in [-0.4, -0.2) is 52.0 Å². The zero-order valence-corrected chi connectivity index (χ0v) is 19.2. The average molecular weight is 419 g/mol. The molecule has 0 aromatic rings. The Hall–Kier alpha value is -0.800. The minimum atomic E-state index is -1.78. The second-order valence-corrected chi connectivity index (χ2v) is 5.95. The van der Waals surface area contributed by atoms with E-state index in [2.05, 4.69) is 12.2 Å². The molecule has 0 saturated heterocycles. The lowest BCUT2D eigenvalue weighted by Gasteiger charge is -2.39. The highest BCUT2D eigenvalue weighted by Gasteiger charge is 2.49. The molecule has 172 valence electrons. The predicted octanol–water partition coefficient (Wildman–Crippen LogP) is 5.12. The van der Waals surface area contributed by atoms with E-state index in [1.807, 2.05) is 53.7 Å². The Labute approximate surface area is 177 Å². The lowest BCUT2D eigenvalue weighted by atomic mass is 10.3. The van der Waals surface area contributed by atoms with Crippen molar-refractivity contribution in [3.8, 4) is 0 Å². The van der Waals surface area contributed by atoms with Crippen LogP contribution in [0.2, 0.25) is 0 Å². The fourth-order valence-corrected chi connectivity index (χ4v) is 2.42. The van der Waals surface area contributed by atoms with E-state index < -0.39 is 12.3 Å². The van der Waals surface area contributed by atoms with Crippen molar-refractivity contribution in [1.29, 1.82) is 0 Å². The summed E-state index contributed by atoms with van der Waals surface area (Å²) in [4.78, 5) is 0. The van der Waals surface area contributed by atoms with E-state index in [1.54, 1.807) is 0 Å². The maximum absolute atomic E-state index is 6.03. The smallest absolute Gasteiger partial charge is 0.303 e. The van der Waals surface area contributed by atoms with E-state index in [0.717, 1.165) is 25.7 Å². The molecule has 7 heteroatoms. The van der Waals surface area contributed by atoms with Crippen LogP contribution in [0.1, 0.15) is 67.2 Å². The maximum Gasteiger partial charge on any atom is 0.418 e. The number of rotatable bonds is 20. The Morgan fingerprint density at radius 1 is 0.552 bits per heavy atom. The summed E-state index contributed by atoms with van der Waals surface area (Å²) in [5.74, 6) is 0. The van der Waals surface area contributed by atoms with Gasteiger partial charge in [-0.1, -0.05) is 24.3 Å². The zero-order valence-electron chi connectivity index (χ0n) is 19.2. The van der Waals surface area contributed by atoms with Crippen molar-refractivity contribution in [3.63, 3.8) is 0 Å². The molecule has 0 rings (SSSR count). The molecular formula is C22H42O7. The second kappa shape index (κ2) is 18.0. The van der Waals surface area contributed by atoms with Crippen molar-refractivity contribution in [1.82, 2.24) is 0 Å². The molecule has 29 heavy (non-hydrogen) atoms. The highest BCUT2D eigenvalue weighted by Crippen LogP contribution is 2.29. The van der Waals surface area contributed by atoms with Crippen LogP contribution in [-0.2, 0) is 33.2 Å². The molecule has 0 aromatic heterocycles. The van der Waals surface area contributed by atoms with Gasteiger partial charge in [0.25, 0.3) is 0 Å². The van der Waals surface area contributed by atoms with Crippen LogP contribution in [0, 0.1) is 0 Å². The van der Waals surface area contributed by atoms with E-state index in [1.165, 1.54) is 0 Å². The van der Waals surface area contributed by atoms with Gasteiger partial charge in [-0.3, -0.25) is 0 Å². The molecule has 0 aliphatic heterocycles. The van der Waals surface area contributed by atoms with Crippen LogP contribution in [0.4, 0.5) is 0 Å². The lowest BCUT2D eigenvalue weighted by molar-refractivity contribution is -0.618. The minimum absolute atomic E-state index is 0.310. The normalized spacial score (nSPS) is 13.2. The third-order valence-corrected chi connectivity index (χ3v) is 3.59. The van der Waals surface area contributed by atoms with E-state index in [-0.39, 0.29) is 0 Å². The zero-order chi connectivity index (χ0) is 21.8. The fraction of sp³-hybridized carbons (Fsp3) is 0.818. The van der Waals surface area contributed by atoms with Crippen molar-refractivity contribution in [3.05, 3.63) is 24.3 Å². The highest BCUT2D eigenvalue weighted by molar-refractivity contribution is 4.76. The van der Waals surface area contributed by atoms with Gasteiger partial charge in [0.15, 0.2) is 0 Å². The quantitative estimate of drug-likeness (QED) is 0.154. The largest absolute Gasteiger partial charge is 0.418 e. The van der Waals surface area contributed by atoms with Gasteiger partial charge in [0.1, 0.15) is 0 Å². The first kappa shape index (κ1) is 28.2. The van der Waals surface area contributed by atoms with Crippen LogP contribution < -0.4 is 0 Å². The molecule has 0 amide bonds. The van der Waals surface area contributed by atoms with Crippen LogP contribution in [0.5, 0.6) is 0 Å². The number of allylic oxidation sites excluding steroid dienone is 4.